The van der Waals surface area contributed by atoms with E-state index in [2.05, 4.69) is 17.6 Å². The minimum Gasteiger partial charge on any atom is -0.376 e. The van der Waals surface area contributed by atoms with Gasteiger partial charge in [0.2, 0.25) is 0 Å². The van der Waals surface area contributed by atoms with Crippen LogP contribution in [0.3, 0.4) is 0 Å². The first kappa shape index (κ1) is 17.0. The average Bonchev–Trinajstić information content (AvgIpc) is 2.37. The number of rotatable bonds is 11. The smallest absolute Gasteiger partial charge is 0.376 e. The van der Waals surface area contributed by atoms with E-state index in [1.165, 1.54) is 0 Å². The summed E-state index contributed by atoms with van der Waals surface area (Å²) < 4.78 is 16.4. The van der Waals surface area contributed by atoms with Crippen molar-refractivity contribution in [3.63, 3.8) is 0 Å². The molecule has 104 valence electrons. The zero-order chi connectivity index (χ0) is 13.1. The van der Waals surface area contributed by atoms with Crippen molar-refractivity contribution in [1.82, 2.24) is 10.6 Å². The molecule has 0 aliphatic heterocycles. The summed E-state index contributed by atoms with van der Waals surface area (Å²) in [5.41, 5.74) is 5.52. The Balaban J connectivity index is 4.48. The Labute approximate surface area is 106 Å². The normalized spacial score (nSPS) is 13.9. The summed E-state index contributed by atoms with van der Waals surface area (Å²) in [5.74, 6) is 0. The molecule has 17 heavy (non-hydrogen) atoms. The molecule has 0 spiro atoms. The van der Waals surface area contributed by atoms with Crippen molar-refractivity contribution in [2.45, 2.75) is 19.0 Å². The third kappa shape index (κ3) is 5.43. The fourth-order valence-corrected chi connectivity index (χ4v) is 3.82. The van der Waals surface area contributed by atoms with Gasteiger partial charge in [-0.25, -0.2) is 0 Å². The van der Waals surface area contributed by atoms with Crippen molar-refractivity contribution >= 4 is 8.80 Å². The highest BCUT2D eigenvalue weighted by Gasteiger charge is 2.46. The lowest BCUT2D eigenvalue weighted by Crippen LogP contribution is -2.64. The Hall–Kier alpha value is -0.0231. The molecule has 0 radical (unpaired) electrons. The highest BCUT2D eigenvalue weighted by molar-refractivity contribution is 6.62. The molecule has 0 aromatic rings. The number of nitrogens with one attached hydrogen (secondary N) is 2. The predicted molar refractivity (Wildman–Crippen MR) is 70.8 cm³/mol. The lowest BCUT2D eigenvalue weighted by atomic mass is 10.4. The maximum atomic E-state index is 5.51. The predicted octanol–water partition coefficient (Wildman–Crippen LogP) is -0.680. The van der Waals surface area contributed by atoms with Crippen molar-refractivity contribution in [2.24, 2.45) is 5.73 Å². The zero-order valence-electron chi connectivity index (χ0n) is 11.4. The number of nitrogens with two attached hydrogens (primary N) is 1. The maximum absolute atomic E-state index is 5.51. The van der Waals surface area contributed by atoms with Crippen molar-refractivity contribution in [3.8, 4) is 0 Å². The van der Waals surface area contributed by atoms with Crippen LogP contribution in [0, 0.1) is 0 Å². The topological polar surface area (TPSA) is 77.8 Å². The summed E-state index contributed by atoms with van der Waals surface area (Å²) in [6.07, 6.45) is 1.09. The van der Waals surface area contributed by atoms with E-state index in [0.29, 0.717) is 13.1 Å². The van der Waals surface area contributed by atoms with Gasteiger partial charge in [-0.05, 0) is 13.0 Å². The van der Waals surface area contributed by atoms with Gasteiger partial charge in [-0.2, -0.15) is 0 Å². The monoisotopic (exact) mass is 265 g/mol. The molecule has 0 heterocycles. The van der Waals surface area contributed by atoms with E-state index >= 15 is 0 Å². The van der Waals surface area contributed by atoms with Crippen molar-refractivity contribution < 1.29 is 13.3 Å². The van der Waals surface area contributed by atoms with Gasteiger partial charge in [-0.3, -0.25) is 0 Å². The van der Waals surface area contributed by atoms with Crippen LogP contribution in [0.5, 0.6) is 0 Å². The van der Waals surface area contributed by atoms with Gasteiger partial charge < -0.3 is 29.6 Å². The van der Waals surface area contributed by atoms with E-state index in [1.54, 1.807) is 21.3 Å². The van der Waals surface area contributed by atoms with Crippen LogP contribution in [0.15, 0.2) is 0 Å². The van der Waals surface area contributed by atoms with E-state index in [4.69, 9.17) is 19.0 Å². The van der Waals surface area contributed by atoms with Gasteiger partial charge in [0.05, 0.1) is 5.67 Å². The molecule has 0 bridgehead atoms. The van der Waals surface area contributed by atoms with Crippen LogP contribution in [0.2, 0.25) is 0 Å². The van der Waals surface area contributed by atoms with E-state index in [9.17, 15) is 0 Å². The minimum absolute atomic E-state index is 0.0117. The van der Waals surface area contributed by atoms with Crippen LogP contribution in [-0.4, -0.2) is 62.0 Å². The largest absolute Gasteiger partial charge is 0.519 e. The first-order valence-electron chi connectivity index (χ1n) is 6.00. The first-order valence-corrected chi connectivity index (χ1v) is 7.80. The van der Waals surface area contributed by atoms with E-state index in [1.807, 2.05) is 0 Å². The SMILES string of the molecule is CCCNCC(NCCN)[Si](OC)(OC)OC. The molecule has 1 unspecified atom stereocenters. The van der Waals surface area contributed by atoms with Crippen LogP contribution in [-0.2, 0) is 13.3 Å². The first-order chi connectivity index (χ1) is 8.20. The van der Waals surface area contributed by atoms with Crippen molar-refractivity contribution in [1.29, 1.82) is 0 Å². The van der Waals surface area contributed by atoms with Gasteiger partial charge in [0.1, 0.15) is 0 Å². The Morgan fingerprint density at radius 2 is 1.71 bits per heavy atom. The summed E-state index contributed by atoms with van der Waals surface area (Å²) in [5, 5.41) is 6.66. The lowest BCUT2D eigenvalue weighted by Gasteiger charge is -2.33. The molecule has 0 aliphatic carbocycles. The summed E-state index contributed by atoms with van der Waals surface area (Å²) in [6, 6.07) is 0. The van der Waals surface area contributed by atoms with Gasteiger partial charge in [0, 0.05) is 41.0 Å². The summed E-state index contributed by atoms with van der Waals surface area (Å²) in [6.45, 7) is 5.12. The Kier molecular flexibility index (Phi) is 9.94. The molecule has 0 saturated heterocycles. The summed E-state index contributed by atoms with van der Waals surface area (Å²) in [7, 11) is 2.20. The molecule has 0 aromatic carbocycles. The van der Waals surface area contributed by atoms with Gasteiger partial charge in [0.15, 0.2) is 0 Å². The molecule has 0 saturated carbocycles. The van der Waals surface area contributed by atoms with Crippen LogP contribution < -0.4 is 16.4 Å². The second kappa shape index (κ2) is 9.95. The lowest BCUT2D eigenvalue weighted by molar-refractivity contribution is 0.107. The zero-order valence-corrected chi connectivity index (χ0v) is 12.4. The molecule has 6 nitrogen and oxygen atoms in total. The Morgan fingerprint density at radius 1 is 1.12 bits per heavy atom. The third-order valence-corrected chi connectivity index (χ3v) is 5.56. The molecule has 0 fully saturated rings. The van der Waals surface area contributed by atoms with Gasteiger partial charge in [0.25, 0.3) is 0 Å². The molecule has 1 atom stereocenters. The second-order valence-corrected chi connectivity index (χ2v) is 6.84. The molecule has 0 aromatic heterocycles. The van der Waals surface area contributed by atoms with Crippen LogP contribution in [0.25, 0.3) is 0 Å². The Bertz CT molecular complexity index is 174. The second-order valence-electron chi connectivity index (χ2n) is 3.72. The van der Waals surface area contributed by atoms with Crippen LogP contribution in [0.1, 0.15) is 13.3 Å². The summed E-state index contributed by atoms with van der Waals surface area (Å²) >= 11 is 0. The highest BCUT2D eigenvalue weighted by atomic mass is 28.4. The van der Waals surface area contributed by atoms with E-state index < -0.39 is 8.80 Å². The van der Waals surface area contributed by atoms with Gasteiger partial charge >= 0.3 is 8.80 Å². The summed E-state index contributed by atoms with van der Waals surface area (Å²) in [4.78, 5) is 0. The van der Waals surface area contributed by atoms with Crippen LogP contribution >= 0.6 is 0 Å². The molecule has 7 heteroatoms. The fraction of sp³-hybridized carbons (Fsp3) is 1.00. The quantitative estimate of drug-likeness (QED) is 0.339. The maximum Gasteiger partial charge on any atom is 0.519 e. The Morgan fingerprint density at radius 3 is 2.12 bits per heavy atom. The fourth-order valence-electron chi connectivity index (χ4n) is 1.68. The molecular weight excluding hydrogens is 238 g/mol. The van der Waals surface area contributed by atoms with Gasteiger partial charge in [-0.1, -0.05) is 6.92 Å². The van der Waals surface area contributed by atoms with Crippen molar-refractivity contribution in [2.75, 3.05) is 47.5 Å². The molecule has 0 amide bonds. The van der Waals surface area contributed by atoms with E-state index in [0.717, 1.165) is 19.5 Å². The molecule has 0 rings (SSSR count). The molecular formula is C10H27N3O3Si. The van der Waals surface area contributed by atoms with E-state index in [-0.39, 0.29) is 5.67 Å². The molecule has 4 N–H and O–H groups in total. The van der Waals surface area contributed by atoms with Gasteiger partial charge in [-0.15, -0.1) is 0 Å². The molecule has 0 aliphatic rings. The third-order valence-electron chi connectivity index (χ3n) is 2.59. The highest BCUT2D eigenvalue weighted by Crippen LogP contribution is 2.11. The standard InChI is InChI=1S/C10H27N3O3Si/c1-5-7-12-9-10(13-8-6-11)17(14-2,15-3)16-4/h10,12-13H,5-9,11H2,1-4H3. The number of hydrogen-bond donors (Lipinski definition) is 3. The minimum atomic E-state index is -2.66. The number of hydrogen-bond acceptors (Lipinski definition) is 6. The average molecular weight is 265 g/mol. The van der Waals surface area contributed by atoms with Crippen molar-refractivity contribution in [3.05, 3.63) is 0 Å². The van der Waals surface area contributed by atoms with Crippen LogP contribution in [0.4, 0.5) is 0 Å².